The predicted molar refractivity (Wildman–Crippen MR) is 89.1 cm³/mol. The van der Waals surface area contributed by atoms with Crippen molar-refractivity contribution in [1.82, 2.24) is 25.4 Å². The van der Waals surface area contributed by atoms with Crippen molar-refractivity contribution in [3.8, 4) is 0 Å². The Hall–Kier alpha value is -1.43. The largest absolute Gasteiger partial charge is 0.356 e. The van der Waals surface area contributed by atoms with Crippen molar-refractivity contribution >= 4 is 5.91 Å². The minimum atomic E-state index is 0.180. The number of hydrogen-bond acceptors (Lipinski definition) is 4. The number of hydrogen-bond donors (Lipinski definition) is 2. The molecule has 6 nitrogen and oxygen atoms in total. The lowest BCUT2D eigenvalue weighted by atomic mass is 9.93. The monoisotopic (exact) mass is 319 g/mol. The molecule has 0 saturated carbocycles. The Labute approximate surface area is 138 Å². The molecule has 2 N–H and O–H groups in total. The molecule has 3 rings (SSSR count). The van der Waals surface area contributed by atoms with E-state index in [2.05, 4.69) is 25.4 Å². The van der Waals surface area contributed by atoms with Crippen LogP contribution in [-0.4, -0.2) is 40.3 Å². The van der Waals surface area contributed by atoms with Crippen LogP contribution in [0, 0.1) is 5.92 Å². The molecule has 0 atom stereocenters. The highest BCUT2D eigenvalue weighted by molar-refractivity contribution is 5.75. The molecule has 23 heavy (non-hydrogen) atoms. The summed E-state index contributed by atoms with van der Waals surface area (Å²) in [5.74, 6) is 3.05. The molecule has 0 aliphatic carbocycles. The Morgan fingerprint density at radius 3 is 2.96 bits per heavy atom. The van der Waals surface area contributed by atoms with E-state index in [0.29, 0.717) is 18.9 Å². The first-order chi connectivity index (χ1) is 11.3. The summed E-state index contributed by atoms with van der Waals surface area (Å²) >= 11 is 0. The summed E-state index contributed by atoms with van der Waals surface area (Å²) in [4.78, 5) is 12.0. The van der Waals surface area contributed by atoms with Crippen LogP contribution >= 0.6 is 0 Å². The van der Waals surface area contributed by atoms with Gasteiger partial charge in [-0.15, -0.1) is 10.2 Å². The third-order valence-electron chi connectivity index (χ3n) is 5.10. The first-order valence-corrected chi connectivity index (χ1v) is 9.21. The summed E-state index contributed by atoms with van der Waals surface area (Å²) < 4.78 is 2.26. The van der Waals surface area contributed by atoms with Gasteiger partial charge in [0.1, 0.15) is 11.6 Å². The maximum absolute atomic E-state index is 12.0. The van der Waals surface area contributed by atoms with Crippen LogP contribution in [0.4, 0.5) is 0 Å². The highest BCUT2D eigenvalue weighted by Crippen LogP contribution is 2.17. The number of nitrogens with zero attached hydrogens (tertiary/aromatic N) is 3. The van der Waals surface area contributed by atoms with E-state index in [0.717, 1.165) is 50.5 Å². The minimum absolute atomic E-state index is 0.180. The van der Waals surface area contributed by atoms with Crippen molar-refractivity contribution in [2.45, 2.75) is 64.3 Å². The second-order valence-electron chi connectivity index (χ2n) is 6.83. The van der Waals surface area contributed by atoms with E-state index in [1.165, 1.54) is 32.1 Å². The van der Waals surface area contributed by atoms with E-state index in [9.17, 15) is 4.79 Å². The maximum Gasteiger partial charge on any atom is 0.220 e. The van der Waals surface area contributed by atoms with Crippen molar-refractivity contribution in [2.24, 2.45) is 5.92 Å². The van der Waals surface area contributed by atoms with Gasteiger partial charge in [0.05, 0.1) is 0 Å². The number of carbonyl (C=O) groups excluding carboxylic acids is 1. The van der Waals surface area contributed by atoms with Gasteiger partial charge in [-0.2, -0.15) is 0 Å². The topological polar surface area (TPSA) is 71.8 Å². The lowest BCUT2D eigenvalue weighted by Gasteiger charge is -2.22. The molecular weight excluding hydrogens is 290 g/mol. The molecular formula is C17H29N5O. The predicted octanol–water partition coefficient (Wildman–Crippen LogP) is 1.44. The Balaban J connectivity index is 1.37. The maximum atomic E-state index is 12.0. The Bertz CT molecular complexity index is 507. The molecule has 0 spiro atoms. The number of piperidine rings is 1. The fourth-order valence-electron chi connectivity index (χ4n) is 3.64. The molecule has 2 aliphatic heterocycles. The van der Waals surface area contributed by atoms with Crippen LogP contribution in [0.3, 0.4) is 0 Å². The zero-order valence-corrected chi connectivity index (χ0v) is 14.0. The van der Waals surface area contributed by atoms with Crippen LogP contribution in [0.1, 0.15) is 56.6 Å². The van der Waals surface area contributed by atoms with E-state index in [1.54, 1.807) is 0 Å². The van der Waals surface area contributed by atoms with E-state index >= 15 is 0 Å². The molecule has 0 aromatic carbocycles. The van der Waals surface area contributed by atoms with Gasteiger partial charge in [0.15, 0.2) is 0 Å². The number of aromatic nitrogens is 3. The van der Waals surface area contributed by atoms with Gasteiger partial charge in [-0.3, -0.25) is 4.79 Å². The van der Waals surface area contributed by atoms with Gasteiger partial charge in [0, 0.05) is 32.4 Å². The first kappa shape index (κ1) is 16.4. The molecule has 0 radical (unpaired) electrons. The van der Waals surface area contributed by atoms with E-state index in [1.807, 2.05) is 0 Å². The van der Waals surface area contributed by atoms with Gasteiger partial charge in [-0.25, -0.2) is 0 Å². The van der Waals surface area contributed by atoms with Gasteiger partial charge >= 0.3 is 0 Å². The molecule has 6 heteroatoms. The highest BCUT2D eigenvalue weighted by atomic mass is 16.1. The Kier molecular flexibility index (Phi) is 6.02. The fraction of sp³-hybridized carbons (Fsp3) is 0.824. The number of amides is 1. The molecule has 1 aromatic heterocycles. The minimum Gasteiger partial charge on any atom is -0.356 e. The summed E-state index contributed by atoms with van der Waals surface area (Å²) in [6.45, 7) is 3.90. The standard InChI is InChI=1S/C17H29N5O/c23-17(6-5-14-7-10-18-11-8-14)19-12-9-16-21-20-15-4-2-1-3-13-22(15)16/h14,18H,1-13H2,(H,19,23). The van der Waals surface area contributed by atoms with Crippen molar-refractivity contribution < 1.29 is 4.79 Å². The number of rotatable bonds is 6. The van der Waals surface area contributed by atoms with Crippen molar-refractivity contribution in [3.63, 3.8) is 0 Å². The van der Waals surface area contributed by atoms with Crippen LogP contribution in [0.25, 0.3) is 0 Å². The molecule has 1 saturated heterocycles. The second kappa shape index (κ2) is 8.43. The molecule has 1 fully saturated rings. The summed E-state index contributed by atoms with van der Waals surface area (Å²) in [5, 5.41) is 15.0. The van der Waals surface area contributed by atoms with Gasteiger partial charge in [-0.05, 0) is 51.1 Å². The number of fused-ring (bicyclic) bond motifs is 1. The molecule has 128 valence electrons. The third-order valence-corrected chi connectivity index (χ3v) is 5.10. The fourth-order valence-corrected chi connectivity index (χ4v) is 3.64. The average Bonchev–Trinajstić information content (AvgIpc) is 2.81. The molecule has 2 aliphatic rings. The molecule has 1 aromatic rings. The van der Waals surface area contributed by atoms with Gasteiger partial charge < -0.3 is 15.2 Å². The van der Waals surface area contributed by atoms with Crippen molar-refractivity contribution in [1.29, 1.82) is 0 Å². The Morgan fingerprint density at radius 2 is 2.09 bits per heavy atom. The van der Waals surface area contributed by atoms with Crippen molar-refractivity contribution in [2.75, 3.05) is 19.6 Å². The van der Waals surface area contributed by atoms with E-state index in [4.69, 9.17) is 0 Å². The summed E-state index contributed by atoms with van der Waals surface area (Å²) in [6.07, 6.45) is 9.61. The van der Waals surface area contributed by atoms with Gasteiger partial charge in [0.25, 0.3) is 0 Å². The highest BCUT2D eigenvalue weighted by Gasteiger charge is 2.16. The molecule has 3 heterocycles. The van der Waals surface area contributed by atoms with Crippen LogP contribution in [0.5, 0.6) is 0 Å². The number of nitrogens with one attached hydrogen (secondary N) is 2. The SMILES string of the molecule is O=C(CCC1CCNCC1)NCCc1nnc2n1CCCCC2. The smallest absolute Gasteiger partial charge is 0.220 e. The number of carbonyl (C=O) groups is 1. The summed E-state index contributed by atoms with van der Waals surface area (Å²) in [5.41, 5.74) is 0. The van der Waals surface area contributed by atoms with E-state index < -0.39 is 0 Å². The normalized spacial score (nSPS) is 19.1. The molecule has 0 bridgehead atoms. The van der Waals surface area contributed by atoms with Crippen LogP contribution < -0.4 is 10.6 Å². The second-order valence-corrected chi connectivity index (χ2v) is 6.83. The van der Waals surface area contributed by atoms with E-state index in [-0.39, 0.29) is 5.91 Å². The zero-order valence-electron chi connectivity index (χ0n) is 14.0. The average molecular weight is 319 g/mol. The number of aryl methyl sites for hydroxylation is 1. The van der Waals surface area contributed by atoms with Crippen LogP contribution in [0.2, 0.25) is 0 Å². The van der Waals surface area contributed by atoms with Crippen LogP contribution in [-0.2, 0) is 24.2 Å². The van der Waals surface area contributed by atoms with Gasteiger partial charge in [0.2, 0.25) is 5.91 Å². The molecule has 0 unspecified atom stereocenters. The summed E-state index contributed by atoms with van der Waals surface area (Å²) in [7, 11) is 0. The molecule has 1 amide bonds. The quantitative estimate of drug-likeness (QED) is 0.832. The van der Waals surface area contributed by atoms with Crippen molar-refractivity contribution in [3.05, 3.63) is 11.6 Å². The summed E-state index contributed by atoms with van der Waals surface area (Å²) in [6, 6.07) is 0. The lowest BCUT2D eigenvalue weighted by molar-refractivity contribution is -0.121. The third kappa shape index (κ3) is 4.77. The Morgan fingerprint density at radius 1 is 1.22 bits per heavy atom. The zero-order chi connectivity index (χ0) is 15.9. The van der Waals surface area contributed by atoms with Gasteiger partial charge in [-0.1, -0.05) is 6.42 Å². The first-order valence-electron chi connectivity index (χ1n) is 9.21. The lowest BCUT2D eigenvalue weighted by Crippen LogP contribution is -2.30. The van der Waals surface area contributed by atoms with Crippen LogP contribution in [0.15, 0.2) is 0 Å².